The highest BCUT2D eigenvalue weighted by Gasteiger charge is 2.40. The Morgan fingerprint density at radius 3 is 2.68 bits per heavy atom. The number of aryl methyl sites for hydroxylation is 1. The summed E-state index contributed by atoms with van der Waals surface area (Å²) in [6, 6.07) is 7.37. The number of hydrogen-bond acceptors (Lipinski definition) is 2. The predicted octanol–water partition coefficient (Wildman–Crippen LogP) is 2.38. The average molecular weight is 261 g/mol. The van der Waals surface area contributed by atoms with E-state index in [1.165, 1.54) is 0 Å². The van der Waals surface area contributed by atoms with Crippen molar-refractivity contribution in [2.75, 3.05) is 6.54 Å². The van der Waals surface area contributed by atoms with E-state index in [9.17, 15) is 14.7 Å². The molecule has 0 radical (unpaired) electrons. The van der Waals surface area contributed by atoms with Crippen molar-refractivity contribution in [3.63, 3.8) is 0 Å². The number of carboxylic acids is 1. The molecule has 1 aliphatic rings. The maximum atomic E-state index is 12.0. The monoisotopic (exact) mass is 261 g/mol. The third-order valence-corrected chi connectivity index (χ3v) is 3.87. The number of likely N-dealkylation sites (tertiary alicyclic amines) is 1. The lowest BCUT2D eigenvalue weighted by Crippen LogP contribution is -2.45. The molecule has 2 atom stereocenters. The number of piperidine rings is 1. The van der Waals surface area contributed by atoms with Crippen LogP contribution in [0.3, 0.4) is 0 Å². The van der Waals surface area contributed by atoms with Crippen LogP contribution >= 0.6 is 0 Å². The molecule has 0 aliphatic carbocycles. The van der Waals surface area contributed by atoms with E-state index >= 15 is 0 Å². The van der Waals surface area contributed by atoms with Crippen LogP contribution in [-0.4, -0.2) is 28.4 Å². The van der Waals surface area contributed by atoms with Gasteiger partial charge >= 0.3 is 5.97 Å². The van der Waals surface area contributed by atoms with Crippen molar-refractivity contribution in [1.82, 2.24) is 4.90 Å². The van der Waals surface area contributed by atoms with Crippen LogP contribution in [0.2, 0.25) is 0 Å². The number of carboxylic acid groups (broad SMARTS) is 1. The standard InChI is InChI=1S/C15H19NO3/c1-3-16-13(17)9-8-12(15(18)19)14(16)11-7-5-4-6-10(11)2/h4-7,12,14H,3,8-9H2,1-2H3,(H,18,19). The fourth-order valence-corrected chi connectivity index (χ4v) is 2.89. The van der Waals surface area contributed by atoms with Crippen LogP contribution in [-0.2, 0) is 9.59 Å². The van der Waals surface area contributed by atoms with Crippen LogP contribution in [0.1, 0.15) is 36.9 Å². The van der Waals surface area contributed by atoms with Gasteiger partial charge in [-0.1, -0.05) is 24.3 Å². The van der Waals surface area contributed by atoms with Gasteiger partial charge in [0.25, 0.3) is 0 Å². The molecule has 4 nitrogen and oxygen atoms in total. The lowest BCUT2D eigenvalue weighted by atomic mass is 9.83. The Bertz CT molecular complexity index is 496. The first-order valence-electron chi connectivity index (χ1n) is 6.64. The molecule has 2 unspecified atom stereocenters. The quantitative estimate of drug-likeness (QED) is 0.908. The van der Waals surface area contributed by atoms with Gasteiger partial charge in [0.2, 0.25) is 5.91 Å². The second-order valence-corrected chi connectivity index (χ2v) is 4.96. The van der Waals surface area contributed by atoms with Gasteiger partial charge in [-0.2, -0.15) is 0 Å². The SMILES string of the molecule is CCN1C(=O)CCC(C(=O)O)C1c1ccccc1C. The Morgan fingerprint density at radius 2 is 2.11 bits per heavy atom. The second-order valence-electron chi connectivity index (χ2n) is 4.96. The molecular formula is C15H19NO3. The summed E-state index contributed by atoms with van der Waals surface area (Å²) in [6.45, 7) is 4.40. The number of hydrogen-bond donors (Lipinski definition) is 1. The lowest BCUT2D eigenvalue weighted by Gasteiger charge is -2.39. The third-order valence-electron chi connectivity index (χ3n) is 3.87. The highest BCUT2D eigenvalue weighted by atomic mass is 16.4. The topological polar surface area (TPSA) is 57.6 Å². The molecular weight excluding hydrogens is 242 g/mol. The molecule has 1 heterocycles. The minimum absolute atomic E-state index is 0.0493. The van der Waals surface area contributed by atoms with Crippen molar-refractivity contribution in [3.05, 3.63) is 35.4 Å². The molecule has 4 heteroatoms. The predicted molar refractivity (Wildman–Crippen MR) is 71.7 cm³/mol. The van der Waals surface area contributed by atoms with Crippen LogP contribution in [0.4, 0.5) is 0 Å². The third kappa shape index (κ3) is 2.48. The van der Waals surface area contributed by atoms with Crippen molar-refractivity contribution in [1.29, 1.82) is 0 Å². The highest BCUT2D eigenvalue weighted by molar-refractivity contribution is 5.81. The molecule has 0 aromatic heterocycles. The molecule has 1 aromatic rings. The van der Waals surface area contributed by atoms with E-state index in [0.717, 1.165) is 11.1 Å². The summed E-state index contributed by atoms with van der Waals surface area (Å²) in [5, 5.41) is 9.42. The average Bonchev–Trinajstić information content (AvgIpc) is 2.38. The Kier molecular flexibility index (Phi) is 3.88. The van der Waals surface area contributed by atoms with Crippen LogP contribution < -0.4 is 0 Å². The Labute approximate surface area is 113 Å². The van der Waals surface area contributed by atoms with E-state index in [0.29, 0.717) is 19.4 Å². The van der Waals surface area contributed by atoms with Crippen LogP contribution in [0, 0.1) is 12.8 Å². The van der Waals surface area contributed by atoms with Gasteiger partial charge in [-0.15, -0.1) is 0 Å². The van der Waals surface area contributed by atoms with E-state index in [4.69, 9.17) is 0 Å². The number of carbonyl (C=O) groups is 2. The zero-order chi connectivity index (χ0) is 14.0. The number of amides is 1. The summed E-state index contributed by atoms with van der Waals surface area (Å²) in [6.07, 6.45) is 0.747. The van der Waals surface area contributed by atoms with Gasteiger partial charge in [0.15, 0.2) is 0 Å². The summed E-state index contributed by atoms with van der Waals surface area (Å²) < 4.78 is 0. The summed E-state index contributed by atoms with van der Waals surface area (Å²) in [5.41, 5.74) is 1.98. The molecule has 1 saturated heterocycles. The van der Waals surface area contributed by atoms with E-state index < -0.39 is 11.9 Å². The number of rotatable bonds is 3. The summed E-state index contributed by atoms with van der Waals surface area (Å²) in [4.78, 5) is 25.2. The van der Waals surface area contributed by atoms with Crippen molar-refractivity contribution >= 4 is 11.9 Å². The molecule has 1 amide bonds. The molecule has 102 valence electrons. The summed E-state index contributed by atoms with van der Waals surface area (Å²) in [7, 11) is 0. The van der Waals surface area contributed by atoms with Crippen molar-refractivity contribution in [2.24, 2.45) is 5.92 Å². The van der Waals surface area contributed by atoms with E-state index in [-0.39, 0.29) is 11.9 Å². The molecule has 19 heavy (non-hydrogen) atoms. The lowest BCUT2D eigenvalue weighted by molar-refractivity contribution is -0.151. The fourth-order valence-electron chi connectivity index (χ4n) is 2.89. The van der Waals surface area contributed by atoms with E-state index in [1.54, 1.807) is 4.90 Å². The van der Waals surface area contributed by atoms with Gasteiger partial charge in [0.05, 0.1) is 12.0 Å². The normalized spacial score (nSPS) is 23.5. The second kappa shape index (κ2) is 5.43. The van der Waals surface area contributed by atoms with Crippen molar-refractivity contribution in [3.8, 4) is 0 Å². The van der Waals surface area contributed by atoms with Gasteiger partial charge in [-0.05, 0) is 31.4 Å². The molecule has 1 aliphatic heterocycles. The van der Waals surface area contributed by atoms with Crippen LogP contribution in [0.25, 0.3) is 0 Å². The Hall–Kier alpha value is -1.84. The maximum absolute atomic E-state index is 12.0. The van der Waals surface area contributed by atoms with Crippen LogP contribution in [0.15, 0.2) is 24.3 Å². The molecule has 0 bridgehead atoms. The molecule has 1 aromatic carbocycles. The zero-order valence-electron chi connectivity index (χ0n) is 11.3. The first kappa shape index (κ1) is 13.6. The minimum atomic E-state index is -0.820. The Morgan fingerprint density at radius 1 is 1.42 bits per heavy atom. The Balaban J connectivity index is 2.47. The number of nitrogens with zero attached hydrogens (tertiary/aromatic N) is 1. The van der Waals surface area contributed by atoms with E-state index in [1.807, 2.05) is 38.1 Å². The van der Waals surface area contributed by atoms with Gasteiger partial charge < -0.3 is 10.0 Å². The highest BCUT2D eigenvalue weighted by Crippen LogP contribution is 2.37. The molecule has 2 rings (SSSR count). The minimum Gasteiger partial charge on any atom is -0.481 e. The number of carbonyl (C=O) groups excluding carboxylic acids is 1. The maximum Gasteiger partial charge on any atom is 0.308 e. The summed E-state index contributed by atoms with van der Waals surface area (Å²) in [5.74, 6) is -1.29. The van der Waals surface area contributed by atoms with Crippen molar-refractivity contribution in [2.45, 2.75) is 32.7 Å². The van der Waals surface area contributed by atoms with Gasteiger partial charge in [0, 0.05) is 13.0 Å². The molecule has 1 fully saturated rings. The van der Waals surface area contributed by atoms with Gasteiger partial charge in [0.1, 0.15) is 0 Å². The van der Waals surface area contributed by atoms with Crippen LogP contribution in [0.5, 0.6) is 0 Å². The summed E-state index contributed by atoms with van der Waals surface area (Å²) >= 11 is 0. The smallest absolute Gasteiger partial charge is 0.308 e. The molecule has 0 saturated carbocycles. The molecule has 0 spiro atoms. The fraction of sp³-hybridized carbons (Fsp3) is 0.467. The molecule has 1 N–H and O–H groups in total. The first-order valence-corrected chi connectivity index (χ1v) is 6.64. The first-order chi connectivity index (χ1) is 9.06. The number of benzene rings is 1. The number of aliphatic carboxylic acids is 1. The zero-order valence-corrected chi connectivity index (χ0v) is 11.3. The van der Waals surface area contributed by atoms with Gasteiger partial charge in [-0.3, -0.25) is 9.59 Å². The van der Waals surface area contributed by atoms with Crippen molar-refractivity contribution < 1.29 is 14.7 Å². The largest absolute Gasteiger partial charge is 0.481 e. The van der Waals surface area contributed by atoms with E-state index in [2.05, 4.69) is 0 Å². The van der Waals surface area contributed by atoms with Gasteiger partial charge in [-0.25, -0.2) is 0 Å².